The highest BCUT2D eigenvalue weighted by molar-refractivity contribution is 5.87. The quantitative estimate of drug-likeness (QED) is 0.657. The molecule has 7 heteroatoms. The van der Waals surface area contributed by atoms with Crippen LogP contribution in [0.5, 0.6) is 0 Å². The number of carboxylic acids is 1. The summed E-state index contributed by atoms with van der Waals surface area (Å²) < 4.78 is 5.07. The van der Waals surface area contributed by atoms with Gasteiger partial charge in [-0.05, 0) is 82.5 Å². The lowest BCUT2D eigenvalue weighted by molar-refractivity contribution is -0.141. The van der Waals surface area contributed by atoms with Crippen LogP contribution in [0, 0.1) is 29.6 Å². The average molecular weight is 380 g/mol. The molecule has 27 heavy (non-hydrogen) atoms. The Balaban J connectivity index is 1.47. The van der Waals surface area contributed by atoms with E-state index >= 15 is 0 Å². The van der Waals surface area contributed by atoms with Gasteiger partial charge in [0.25, 0.3) is 0 Å². The van der Waals surface area contributed by atoms with Gasteiger partial charge in [0, 0.05) is 6.54 Å². The zero-order chi connectivity index (χ0) is 19.8. The van der Waals surface area contributed by atoms with Crippen LogP contribution in [-0.4, -0.2) is 41.3 Å². The first kappa shape index (κ1) is 20.0. The molecule has 4 fully saturated rings. The highest BCUT2D eigenvalue weighted by Gasteiger charge is 2.47. The zero-order valence-electron chi connectivity index (χ0n) is 16.5. The molecule has 0 unspecified atom stereocenters. The minimum Gasteiger partial charge on any atom is -0.480 e. The van der Waals surface area contributed by atoms with Crippen molar-refractivity contribution in [1.29, 1.82) is 0 Å². The number of hydrogen-bond donors (Lipinski definition) is 3. The molecule has 7 nitrogen and oxygen atoms in total. The molecule has 152 valence electrons. The summed E-state index contributed by atoms with van der Waals surface area (Å²) in [4.78, 5) is 35.5. The molecule has 3 N–H and O–H groups in total. The number of aliphatic carboxylic acids is 1. The fourth-order valence-corrected chi connectivity index (χ4v) is 5.51. The van der Waals surface area contributed by atoms with E-state index in [4.69, 9.17) is 4.74 Å². The average Bonchev–Trinajstić information content (AvgIpc) is 2.51. The van der Waals surface area contributed by atoms with Crippen molar-refractivity contribution in [2.75, 3.05) is 6.54 Å². The second kappa shape index (κ2) is 7.68. The van der Waals surface area contributed by atoms with Crippen LogP contribution in [0.2, 0.25) is 0 Å². The molecule has 1 atom stereocenters. The van der Waals surface area contributed by atoms with Gasteiger partial charge in [-0.1, -0.05) is 0 Å². The van der Waals surface area contributed by atoms with E-state index in [1.165, 1.54) is 32.1 Å². The number of amides is 2. The van der Waals surface area contributed by atoms with Crippen molar-refractivity contribution in [1.82, 2.24) is 10.6 Å². The summed E-state index contributed by atoms with van der Waals surface area (Å²) in [5, 5.41) is 14.5. The standard InChI is InChI=1S/C20H32N2O5/c1-20(2,3)27-19(26)22-16(18(24)25)9-17(23)21-10-15-13-5-11-4-12(7-13)8-14(15)6-11/h11-16H,4-10H2,1-3H3,(H,21,23)(H,22,26)(H,24,25)/t11?,12?,13?,14?,15?,16-/m0/s1. The molecule has 0 heterocycles. The number of alkyl carbamates (subject to hydrolysis) is 1. The Bertz CT molecular complexity index is 570. The van der Waals surface area contributed by atoms with E-state index in [-0.39, 0.29) is 12.3 Å². The van der Waals surface area contributed by atoms with E-state index in [9.17, 15) is 19.5 Å². The maximum Gasteiger partial charge on any atom is 0.408 e. The molecule has 4 rings (SSSR count). The van der Waals surface area contributed by atoms with E-state index in [2.05, 4.69) is 10.6 Å². The Morgan fingerprint density at radius 3 is 2.07 bits per heavy atom. The van der Waals surface area contributed by atoms with Crippen molar-refractivity contribution in [3.8, 4) is 0 Å². The van der Waals surface area contributed by atoms with Crippen molar-refractivity contribution < 1.29 is 24.2 Å². The summed E-state index contributed by atoms with van der Waals surface area (Å²) in [5.41, 5.74) is -0.727. The monoisotopic (exact) mass is 380 g/mol. The van der Waals surface area contributed by atoms with Gasteiger partial charge in [0.15, 0.2) is 0 Å². The lowest BCUT2D eigenvalue weighted by atomic mass is 9.52. The van der Waals surface area contributed by atoms with E-state index in [1.54, 1.807) is 20.8 Å². The number of carbonyl (C=O) groups is 3. The Kier molecular flexibility index (Phi) is 5.68. The molecular weight excluding hydrogens is 348 g/mol. The third-order valence-electron chi connectivity index (χ3n) is 6.34. The van der Waals surface area contributed by atoms with E-state index in [0.29, 0.717) is 24.3 Å². The summed E-state index contributed by atoms with van der Waals surface area (Å²) in [6.07, 6.45) is 5.40. The summed E-state index contributed by atoms with van der Waals surface area (Å²) in [6.45, 7) is 5.70. The molecule has 4 aliphatic carbocycles. The first-order valence-electron chi connectivity index (χ1n) is 10.1. The third kappa shape index (κ3) is 5.14. The summed E-state index contributed by atoms with van der Waals surface area (Å²) in [5.74, 6) is 2.11. The molecule has 0 spiro atoms. The minimum absolute atomic E-state index is 0.290. The van der Waals surface area contributed by atoms with Gasteiger partial charge in [0.2, 0.25) is 5.91 Å². The molecule has 0 aliphatic heterocycles. The summed E-state index contributed by atoms with van der Waals surface area (Å²) in [6, 6.07) is -1.29. The van der Waals surface area contributed by atoms with Gasteiger partial charge in [0.05, 0.1) is 6.42 Å². The van der Waals surface area contributed by atoms with Crippen LogP contribution in [0.1, 0.15) is 59.3 Å². The first-order chi connectivity index (χ1) is 12.6. The maximum atomic E-state index is 12.3. The number of carbonyl (C=O) groups excluding carboxylic acids is 2. The molecule has 4 bridgehead atoms. The van der Waals surface area contributed by atoms with E-state index in [1.807, 2.05) is 0 Å². The topological polar surface area (TPSA) is 105 Å². The van der Waals surface area contributed by atoms with Crippen LogP contribution in [0.3, 0.4) is 0 Å². The smallest absolute Gasteiger partial charge is 0.408 e. The molecular formula is C20H32N2O5. The SMILES string of the molecule is CC(C)(C)OC(=O)N[C@@H](CC(=O)NCC1C2CC3CC(C2)CC1C3)C(=O)O. The lowest BCUT2D eigenvalue weighted by Crippen LogP contribution is -2.50. The van der Waals surface area contributed by atoms with Crippen molar-refractivity contribution in [2.45, 2.75) is 70.9 Å². The fraction of sp³-hybridized carbons (Fsp3) is 0.850. The lowest BCUT2D eigenvalue weighted by Gasteiger charge is -2.54. The van der Waals surface area contributed by atoms with Gasteiger partial charge in [-0.25, -0.2) is 9.59 Å². The number of hydrogen-bond acceptors (Lipinski definition) is 4. The van der Waals surface area contributed by atoms with Crippen LogP contribution in [-0.2, 0) is 14.3 Å². The van der Waals surface area contributed by atoms with Gasteiger partial charge in [-0.2, -0.15) is 0 Å². The maximum absolute atomic E-state index is 12.3. The highest BCUT2D eigenvalue weighted by Crippen LogP contribution is 2.56. The van der Waals surface area contributed by atoms with Crippen LogP contribution in [0.4, 0.5) is 4.79 Å². The predicted octanol–water partition coefficient (Wildman–Crippen LogP) is 2.54. The Labute approximate surface area is 160 Å². The number of ether oxygens (including phenoxy) is 1. The van der Waals surface area contributed by atoms with Crippen LogP contribution in [0.25, 0.3) is 0 Å². The van der Waals surface area contributed by atoms with Crippen molar-refractivity contribution in [3.63, 3.8) is 0 Å². The Hall–Kier alpha value is -1.79. The molecule has 0 aromatic carbocycles. The molecule has 0 aromatic heterocycles. The zero-order valence-corrected chi connectivity index (χ0v) is 16.5. The van der Waals surface area contributed by atoms with Crippen molar-refractivity contribution >= 4 is 18.0 Å². The Morgan fingerprint density at radius 2 is 1.59 bits per heavy atom. The normalized spacial score (nSPS) is 32.6. The van der Waals surface area contributed by atoms with Crippen LogP contribution in [0.15, 0.2) is 0 Å². The van der Waals surface area contributed by atoms with Crippen LogP contribution >= 0.6 is 0 Å². The van der Waals surface area contributed by atoms with Crippen molar-refractivity contribution in [2.24, 2.45) is 29.6 Å². The second-order valence-corrected chi connectivity index (χ2v) is 9.64. The van der Waals surface area contributed by atoms with Gasteiger partial charge in [0.1, 0.15) is 11.6 Å². The molecule has 4 saturated carbocycles. The third-order valence-corrected chi connectivity index (χ3v) is 6.34. The number of nitrogens with one attached hydrogen (secondary N) is 2. The van der Waals surface area contributed by atoms with Gasteiger partial charge < -0.3 is 20.5 Å². The van der Waals surface area contributed by atoms with Crippen LogP contribution < -0.4 is 10.6 Å². The van der Waals surface area contributed by atoms with E-state index < -0.39 is 23.7 Å². The highest BCUT2D eigenvalue weighted by atomic mass is 16.6. The van der Waals surface area contributed by atoms with Crippen molar-refractivity contribution in [3.05, 3.63) is 0 Å². The molecule has 4 aliphatic rings. The summed E-state index contributed by atoms with van der Waals surface area (Å²) in [7, 11) is 0. The van der Waals surface area contributed by atoms with Gasteiger partial charge in [-0.15, -0.1) is 0 Å². The van der Waals surface area contributed by atoms with Gasteiger partial charge >= 0.3 is 12.1 Å². The minimum atomic E-state index is -1.29. The molecule has 0 saturated heterocycles. The molecule has 0 radical (unpaired) electrons. The first-order valence-corrected chi connectivity index (χ1v) is 10.1. The number of rotatable bonds is 6. The Morgan fingerprint density at radius 1 is 1.04 bits per heavy atom. The predicted molar refractivity (Wildman–Crippen MR) is 99.0 cm³/mol. The van der Waals surface area contributed by atoms with Gasteiger partial charge in [-0.3, -0.25) is 4.79 Å². The molecule has 0 aromatic rings. The number of carboxylic acid groups (broad SMARTS) is 1. The second-order valence-electron chi connectivity index (χ2n) is 9.64. The summed E-state index contributed by atoms with van der Waals surface area (Å²) >= 11 is 0. The largest absolute Gasteiger partial charge is 0.480 e. The fourth-order valence-electron chi connectivity index (χ4n) is 5.51. The van der Waals surface area contributed by atoms with E-state index in [0.717, 1.165) is 11.8 Å². The molecule has 2 amide bonds.